The van der Waals surface area contributed by atoms with Gasteiger partial charge in [-0.25, -0.2) is 8.42 Å². The fourth-order valence-corrected chi connectivity index (χ4v) is 3.81. The zero-order chi connectivity index (χ0) is 13.2. The van der Waals surface area contributed by atoms with Crippen molar-refractivity contribution in [2.24, 2.45) is 0 Å². The molecule has 0 unspecified atom stereocenters. The van der Waals surface area contributed by atoms with Crippen molar-refractivity contribution in [2.45, 2.75) is 31.1 Å². The van der Waals surface area contributed by atoms with Crippen LogP contribution < -0.4 is 5.32 Å². The van der Waals surface area contributed by atoms with Crippen LogP contribution in [0.25, 0.3) is 0 Å². The summed E-state index contributed by atoms with van der Waals surface area (Å²) in [5, 5.41) is 2.73. The van der Waals surface area contributed by atoms with Gasteiger partial charge in [0.05, 0.1) is 10.6 Å². The summed E-state index contributed by atoms with van der Waals surface area (Å²) in [4.78, 5) is 11.2. The maximum Gasteiger partial charge on any atom is 0.216 e. The van der Waals surface area contributed by atoms with Crippen molar-refractivity contribution in [2.75, 3.05) is 12.3 Å². The highest BCUT2D eigenvalue weighted by molar-refractivity contribution is 7.91. The second-order valence-corrected chi connectivity index (χ2v) is 6.68. The van der Waals surface area contributed by atoms with E-state index >= 15 is 0 Å². The molecular weight excluding hydrogens is 250 g/mol. The molecule has 1 aliphatic heterocycles. The van der Waals surface area contributed by atoms with Gasteiger partial charge in [0.15, 0.2) is 9.84 Å². The first-order valence-electron chi connectivity index (χ1n) is 6.08. The van der Waals surface area contributed by atoms with E-state index < -0.39 is 9.84 Å². The van der Waals surface area contributed by atoms with Crippen LogP contribution in [-0.4, -0.2) is 26.6 Å². The highest BCUT2D eigenvalue weighted by Crippen LogP contribution is 2.25. The van der Waals surface area contributed by atoms with E-state index in [0.29, 0.717) is 17.9 Å². The highest BCUT2D eigenvalue weighted by atomic mass is 32.2. The summed E-state index contributed by atoms with van der Waals surface area (Å²) in [5.41, 5.74) is 1.99. The smallest absolute Gasteiger partial charge is 0.216 e. The molecule has 0 atom stereocenters. The third-order valence-corrected chi connectivity index (χ3v) is 5.00. The number of amides is 1. The number of nitrogens with one attached hydrogen (secondary N) is 1. The van der Waals surface area contributed by atoms with Crippen LogP contribution in [0.3, 0.4) is 0 Å². The summed E-state index contributed by atoms with van der Waals surface area (Å²) < 4.78 is 23.7. The largest absolute Gasteiger partial charge is 0.356 e. The van der Waals surface area contributed by atoms with Crippen LogP contribution in [0.2, 0.25) is 0 Å². The molecule has 98 valence electrons. The lowest BCUT2D eigenvalue weighted by atomic mass is 10.0. The molecule has 0 bridgehead atoms. The summed E-state index contributed by atoms with van der Waals surface area (Å²) >= 11 is 0. The van der Waals surface area contributed by atoms with Crippen molar-refractivity contribution < 1.29 is 13.2 Å². The van der Waals surface area contributed by atoms with Crippen LogP contribution in [-0.2, 0) is 27.5 Å². The van der Waals surface area contributed by atoms with Gasteiger partial charge < -0.3 is 5.32 Å². The molecule has 0 spiro atoms. The number of benzene rings is 1. The van der Waals surface area contributed by atoms with Gasteiger partial charge in [-0.05, 0) is 36.5 Å². The van der Waals surface area contributed by atoms with Gasteiger partial charge in [0.1, 0.15) is 0 Å². The summed E-state index contributed by atoms with van der Waals surface area (Å²) in [6, 6.07) is 5.49. The standard InChI is InChI=1S/C13H17NO3S/c1-10(15)14-7-6-11-4-5-13-12(9-11)3-2-8-18(13,16)17/h4-5,9H,2-3,6-8H2,1H3,(H,14,15). The summed E-state index contributed by atoms with van der Waals surface area (Å²) in [6.45, 7) is 2.07. The maximum absolute atomic E-state index is 11.8. The molecule has 5 heteroatoms. The minimum absolute atomic E-state index is 0.0458. The fraction of sp³-hybridized carbons (Fsp3) is 0.462. The third-order valence-electron chi connectivity index (χ3n) is 3.11. The number of fused-ring (bicyclic) bond motifs is 1. The Balaban J connectivity index is 2.15. The van der Waals surface area contributed by atoms with E-state index in [1.165, 1.54) is 6.92 Å². The van der Waals surface area contributed by atoms with E-state index in [1.54, 1.807) is 6.07 Å². The Morgan fingerprint density at radius 3 is 2.89 bits per heavy atom. The second-order valence-electron chi connectivity index (χ2n) is 4.60. The Morgan fingerprint density at radius 1 is 1.39 bits per heavy atom. The Hall–Kier alpha value is -1.36. The van der Waals surface area contributed by atoms with Gasteiger partial charge in [0, 0.05) is 13.5 Å². The van der Waals surface area contributed by atoms with E-state index in [-0.39, 0.29) is 11.7 Å². The van der Waals surface area contributed by atoms with Gasteiger partial charge in [-0.2, -0.15) is 0 Å². The van der Waals surface area contributed by atoms with Gasteiger partial charge in [0.2, 0.25) is 5.91 Å². The summed E-state index contributed by atoms with van der Waals surface area (Å²) in [6.07, 6.45) is 2.25. The summed E-state index contributed by atoms with van der Waals surface area (Å²) in [5.74, 6) is 0.209. The molecule has 2 rings (SSSR count). The molecule has 1 aromatic carbocycles. The predicted octanol–water partition coefficient (Wildman–Crippen LogP) is 1.09. The zero-order valence-corrected chi connectivity index (χ0v) is 11.2. The number of carbonyl (C=O) groups is 1. The molecule has 1 aromatic rings. The number of rotatable bonds is 3. The second kappa shape index (κ2) is 5.10. The monoisotopic (exact) mass is 267 g/mol. The molecule has 0 aliphatic carbocycles. The average molecular weight is 267 g/mol. The number of hydrogen-bond acceptors (Lipinski definition) is 3. The van der Waals surface area contributed by atoms with Crippen molar-refractivity contribution >= 4 is 15.7 Å². The molecule has 18 heavy (non-hydrogen) atoms. The van der Waals surface area contributed by atoms with E-state index in [4.69, 9.17) is 0 Å². The van der Waals surface area contributed by atoms with Gasteiger partial charge in [-0.3, -0.25) is 4.79 Å². The van der Waals surface area contributed by atoms with Gasteiger partial charge in [-0.1, -0.05) is 12.1 Å². The molecular formula is C13H17NO3S. The molecule has 0 aromatic heterocycles. The summed E-state index contributed by atoms with van der Waals surface area (Å²) in [7, 11) is -3.06. The molecule has 1 aliphatic rings. The fourth-order valence-electron chi connectivity index (χ4n) is 2.23. The van der Waals surface area contributed by atoms with Crippen molar-refractivity contribution in [3.05, 3.63) is 29.3 Å². The van der Waals surface area contributed by atoms with E-state index in [0.717, 1.165) is 24.0 Å². The van der Waals surface area contributed by atoms with Gasteiger partial charge in [-0.15, -0.1) is 0 Å². The van der Waals surface area contributed by atoms with E-state index in [9.17, 15) is 13.2 Å². The van der Waals surface area contributed by atoms with Crippen LogP contribution in [0, 0.1) is 0 Å². The molecule has 1 heterocycles. The van der Waals surface area contributed by atoms with Crippen LogP contribution in [0.5, 0.6) is 0 Å². The quantitative estimate of drug-likeness (QED) is 0.891. The van der Waals surface area contributed by atoms with Crippen LogP contribution >= 0.6 is 0 Å². The number of aryl methyl sites for hydroxylation is 1. The Kier molecular flexibility index (Phi) is 3.71. The topological polar surface area (TPSA) is 63.2 Å². The lowest BCUT2D eigenvalue weighted by molar-refractivity contribution is -0.118. The van der Waals surface area contributed by atoms with Crippen molar-refractivity contribution in [3.63, 3.8) is 0 Å². The van der Waals surface area contributed by atoms with Crippen molar-refractivity contribution in [1.82, 2.24) is 5.32 Å². The Labute approximate surface area is 107 Å². The minimum atomic E-state index is -3.06. The lowest BCUT2D eigenvalue weighted by Gasteiger charge is -2.17. The predicted molar refractivity (Wildman–Crippen MR) is 69.2 cm³/mol. The van der Waals surface area contributed by atoms with Gasteiger partial charge in [0.25, 0.3) is 0 Å². The van der Waals surface area contributed by atoms with Crippen LogP contribution in [0.4, 0.5) is 0 Å². The molecule has 4 nitrogen and oxygen atoms in total. The normalized spacial score (nSPS) is 16.9. The molecule has 1 amide bonds. The van der Waals surface area contributed by atoms with Crippen molar-refractivity contribution in [3.8, 4) is 0 Å². The van der Waals surface area contributed by atoms with Crippen LogP contribution in [0.1, 0.15) is 24.5 Å². The van der Waals surface area contributed by atoms with E-state index in [2.05, 4.69) is 5.32 Å². The first-order chi connectivity index (χ1) is 8.49. The average Bonchev–Trinajstić information content (AvgIpc) is 2.27. The molecule has 0 saturated carbocycles. The molecule has 1 N–H and O–H groups in total. The maximum atomic E-state index is 11.8. The van der Waals surface area contributed by atoms with Crippen LogP contribution in [0.15, 0.2) is 23.1 Å². The number of carbonyl (C=O) groups excluding carboxylic acids is 1. The first kappa shape index (κ1) is 13.1. The third kappa shape index (κ3) is 2.90. The molecule has 0 radical (unpaired) electrons. The first-order valence-corrected chi connectivity index (χ1v) is 7.73. The number of hydrogen-bond donors (Lipinski definition) is 1. The molecule has 0 saturated heterocycles. The Morgan fingerprint density at radius 2 is 2.17 bits per heavy atom. The SMILES string of the molecule is CC(=O)NCCc1ccc2c(c1)CCCS2(=O)=O. The minimum Gasteiger partial charge on any atom is -0.356 e. The zero-order valence-electron chi connectivity index (χ0n) is 10.4. The van der Waals surface area contributed by atoms with Gasteiger partial charge >= 0.3 is 0 Å². The number of sulfone groups is 1. The molecule has 0 fully saturated rings. The lowest BCUT2D eigenvalue weighted by Crippen LogP contribution is -2.22. The van der Waals surface area contributed by atoms with E-state index in [1.807, 2.05) is 12.1 Å². The van der Waals surface area contributed by atoms with Crippen molar-refractivity contribution in [1.29, 1.82) is 0 Å². The Bertz CT molecular complexity index is 564. The highest BCUT2D eigenvalue weighted by Gasteiger charge is 2.23.